The summed E-state index contributed by atoms with van der Waals surface area (Å²) in [6, 6.07) is 3.69. The number of carbonyl (C=O) groups is 1. The minimum Gasteiger partial charge on any atom is -0.472 e. The summed E-state index contributed by atoms with van der Waals surface area (Å²) in [7, 11) is 0. The molecule has 106 valence electrons. The van der Waals surface area contributed by atoms with Crippen LogP contribution in [0.25, 0.3) is 0 Å². The topological polar surface area (TPSA) is 64.1 Å². The van der Waals surface area contributed by atoms with Crippen LogP contribution in [0, 0.1) is 0 Å². The number of amides is 1. The Balaban J connectivity index is 1.89. The summed E-state index contributed by atoms with van der Waals surface area (Å²) >= 11 is 1.40. The van der Waals surface area contributed by atoms with Crippen LogP contribution in [0.1, 0.15) is 36.8 Å². The van der Waals surface area contributed by atoms with Gasteiger partial charge in [0.1, 0.15) is 11.3 Å². The van der Waals surface area contributed by atoms with Gasteiger partial charge in [-0.3, -0.25) is 4.79 Å². The predicted molar refractivity (Wildman–Crippen MR) is 77.9 cm³/mol. The average Bonchev–Trinajstić information content (AvgIpc) is 2.89. The zero-order chi connectivity index (χ0) is 14.6. The van der Waals surface area contributed by atoms with Crippen LogP contribution >= 0.6 is 11.3 Å². The molecule has 0 aliphatic heterocycles. The maximum Gasteiger partial charge on any atom is 0.271 e. The highest BCUT2D eigenvalue weighted by Gasteiger charge is 2.12. The first-order valence-electron chi connectivity index (χ1n) is 6.24. The van der Waals surface area contributed by atoms with Gasteiger partial charge in [-0.15, -0.1) is 11.3 Å². The van der Waals surface area contributed by atoms with E-state index in [0.717, 1.165) is 5.56 Å². The second-order valence-corrected chi connectivity index (χ2v) is 5.99. The summed E-state index contributed by atoms with van der Waals surface area (Å²) in [6.45, 7) is 6.32. The number of nitrogens with zero attached hydrogens (tertiary/aromatic N) is 2. The van der Waals surface area contributed by atoms with Crippen molar-refractivity contribution in [1.29, 1.82) is 0 Å². The van der Waals surface area contributed by atoms with Gasteiger partial charge >= 0.3 is 0 Å². The number of ether oxygens (including phenoxy) is 1. The van der Waals surface area contributed by atoms with E-state index < -0.39 is 0 Å². The molecule has 0 fully saturated rings. The van der Waals surface area contributed by atoms with Crippen molar-refractivity contribution in [3.05, 3.63) is 40.5 Å². The Bertz CT molecular complexity index is 559. The third kappa shape index (κ3) is 4.31. The minimum absolute atomic E-state index is 0.179. The van der Waals surface area contributed by atoms with Crippen LogP contribution in [-0.2, 0) is 6.54 Å². The van der Waals surface area contributed by atoms with Crippen LogP contribution in [-0.4, -0.2) is 21.5 Å². The Morgan fingerprint density at radius 1 is 1.35 bits per heavy atom. The SMILES string of the molecule is CC(C)(C)Oc1ccc(CNC(=O)c2cscn2)cn1. The molecule has 5 nitrogen and oxygen atoms in total. The van der Waals surface area contributed by atoms with Gasteiger partial charge in [-0.2, -0.15) is 0 Å². The Labute approximate surface area is 122 Å². The Morgan fingerprint density at radius 2 is 2.15 bits per heavy atom. The largest absolute Gasteiger partial charge is 0.472 e. The van der Waals surface area contributed by atoms with E-state index in [-0.39, 0.29) is 11.5 Å². The molecule has 1 amide bonds. The molecule has 0 bridgehead atoms. The molecule has 0 unspecified atom stereocenters. The Kier molecular flexibility index (Phi) is 4.34. The van der Waals surface area contributed by atoms with Gasteiger partial charge in [-0.25, -0.2) is 9.97 Å². The highest BCUT2D eigenvalue weighted by molar-refractivity contribution is 7.07. The minimum atomic E-state index is -0.270. The highest BCUT2D eigenvalue weighted by Crippen LogP contribution is 2.15. The smallest absolute Gasteiger partial charge is 0.271 e. The molecule has 0 aliphatic rings. The number of nitrogens with one attached hydrogen (secondary N) is 1. The van der Waals surface area contributed by atoms with Crippen molar-refractivity contribution in [2.45, 2.75) is 32.9 Å². The fraction of sp³-hybridized carbons (Fsp3) is 0.357. The third-order valence-corrected chi connectivity index (χ3v) is 2.91. The van der Waals surface area contributed by atoms with Crippen molar-refractivity contribution >= 4 is 17.2 Å². The molecule has 0 saturated carbocycles. The van der Waals surface area contributed by atoms with Gasteiger partial charge in [0.25, 0.3) is 5.91 Å². The van der Waals surface area contributed by atoms with Gasteiger partial charge in [0.05, 0.1) is 5.51 Å². The molecule has 20 heavy (non-hydrogen) atoms. The molecule has 0 spiro atoms. The summed E-state index contributed by atoms with van der Waals surface area (Å²) in [5.41, 5.74) is 2.72. The lowest BCUT2D eigenvalue weighted by molar-refractivity contribution is 0.0946. The lowest BCUT2D eigenvalue weighted by Crippen LogP contribution is -2.24. The molecule has 0 atom stereocenters. The van der Waals surface area contributed by atoms with E-state index in [1.54, 1.807) is 23.2 Å². The standard InChI is InChI=1S/C14H17N3O2S/c1-14(2,3)19-12-5-4-10(6-15-12)7-16-13(18)11-8-20-9-17-11/h4-6,8-9H,7H2,1-3H3,(H,16,18). The summed E-state index contributed by atoms with van der Waals surface area (Å²) in [5, 5.41) is 4.51. The molecular weight excluding hydrogens is 274 g/mol. The predicted octanol–water partition coefficient (Wildman–Crippen LogP) is 2.65. The number of thiazole rings is 1. The summed E-state index contributed by atoms with van der Waals surface area (Å²) in [4.78, 5) is 19.9. The van der Waals surface area contributed by atoms with Crippen LogP contribution in [0.5, 0.6) is 5.88 Å². The van der Waals surface area contributed by atoms with Crippen molar-refractivity contribution in [2.75, 3.05) is 0 Å². The van der Waals surface area contributed by atoms with E-state index in [1.807, 2.05) is 26.8 Å². The van der Waals surface area contributed by atoms with Crippen LogP contribution in [0.2, 0.25) is 0 Å². The third-order valence-electron chi connectivity index (χ3n) is 2.33. The van der Waals surface area contributed by atoms with Crippen LogP contribution in [0.4, 0.5) is 0 Å². The first-order chi connectivity index (χ1) is 9.44. The molecule has 0 aromatic carbocycles. The Morgan fingerprint density at radius 3 is 2.70 bits per heavy atom. The summed E-state index contributed by atoms with van der Waals surface area (Å²) in [5.74, 6) is 0.397. The second-order valence-electron chi connectivity index (χ2n) is 5.28. The zero-order valence-electron chi connectivity index (χ0n) is 11.7. The van der Waals surface area contributed by atoms with E-state index in [1.165, 1.54) is 11.3 Å². The average molecular weight is 291 g/mol. The van der Waals surface area contributed by atoms with E-state index in [0.29, 0.717) is 18.1 Å². The monoisotopic (exact) mass is 291 g/mol. The number of rotatable bonds is 4. The lowest BCUT2D eigenvalue weighted by Gasteiger charge is -2.20. The molecule has 2 aromatic rings. The molecule has 1 N–H and O–H groups in total. The van der Waals surface area contributed by atoms with Crippen LogP contribution in [0.3, 0.4) is 0 Å². The summed E-state index contributed by atoms with van der Waals surface area (Å²) in [6.07, 6.45) is 1.70. The van der Waals surface area contributed by atoms with E-state index in [4.69, 9.17) is 4.74 Å². The molecular formula is C14H17N3O2S. The van der Waals surface area contributed by atoms with Crippen molar-refractivity contribution in [3.8, 4) is 5.88 Å². The molecule has 2 heterocycles. The Hall–Kier alpha value is -1.95. The van der Waals surface area contributed by atoms with Gasteiger partial charge in [0.15, 0.2) is 0 Å². The molecule has 6 heteroatoms. The summed E-state index contributed by atoms with van der Waals surface area (Å²) < 4.78 is 5.63. The van der Waals surface area contributed by atoms with Gasteiger partial charge in [0, 0.05) is 24.2 Å². The van der Waals surface area contributed by atoms with Gasteiger partial charge in [-0.1, -0.05) is 6.07 Å². The first-order valence-corrected chi connectivity index (χ1v) is 7.19. The lowest BCUT2D eigenvalue weighted by atomic mass is 10.2. The number of hydrogen-bond acceptors (Lipinski definition) is 5. The van der Waals surface area contributed by atoms with Crippen LogP contribution < -0.4 is 10.1 Å². The highest BCUT2D eigenvalue weighted by atomic mass is 32.1. The number of aromatic nitrogens is 2. The zero-order valence-corrected chi connectivity index (χ0v) is 12.5. The van der Waals surface area contributed by atoms with Gasteiger partial charge in [-0.05, 0) is 26.3 Å². The second kappa shape index (κ2) is 6.00. The van der Waals surface area contributed by atoms with Gasteiger partial charge in [0.2, 0.25) is 5.88 Å². The number of hydrogen-bond donors (Lipinski definition) is 1. The first kappa shape index (κ1) is 14.5. The maximum absolute atomic E-state index is 11.7. The fourth-order valence-electron chi connectivity index (χ4n) is 1.49. The van der Waals surface area contributed by atoms with Crippen molar-refractivity contribution in [1.82, 2.24) is 15.3 Å². The molecule has 0 aliphatic carbocycles. The molecule has 2 aromatic heterocycles. The van der Waals surface area contributed by atoms with E-state index in [2.05, 4.69) is 15.3 Å². The molecule has 0 radical (unpaired) electrons. The van der Waals surface area contributed by atoms with E-state index >= 15 is 0 Å². The normalized spacial score (nSPS) is 11.2. The van der Waals surface area contributed by atoms with E-state index in [9.17, 15) is 4.79 Å². The van der Waals surface area contributed by atoms with Gasteiger partial charge < -0.3 is 10.1 Å². The van der Waals surface area contributed by atoms with Crippen molar-refractivity contribution < 1.29 is 9.53 Å². The fourth-order valence-corrected chi connectivity index (χ4v) is 2.02. The van der Waals surface area contributed by atoms with Crippen molar-refractivity contribution in [2.24, 2.45) is 0 Å². The quantitative estimate of drug-likeness (QED) is 0.940. The molecule has 0 saturated heterocycles. The number of pyridine rings is 1. The number of carbonyl (C=O) groups excluding carboxylic acids is 1. The maximum atomic E-state index is 11.7. The van der Waals surface area contributed by atoms with Crippen molar-refractivity contribution in [3.63, 3.8) is 0 Å². The van der Waals surface area contributed by atoms with Crippen LogP contribution in [0.15, 0.2) is 29.2 Å². The molecule has 2 rings (SSSR count).